The van der Waals surface area contributed by atoms with Crippen LogP contribution >= 0.6 is 0 Å². The summed E-state index contributed by atoms with van der Waals surface area (Å²) in [6.07, 6.45) is 18.9. The summed E-state index contributed by atoms with van der Waals surface area (Å²) < 4.78 is 0. The van der Waals surface area contributed by atoms with Crippen LogP contribution in [0.4, 0.5) is 0 Å². The van der Waals surface area contributed by atoms with E-state index in [2.05, 4.69) is 13.8 Å². The number of unbranched alkanes of at least 4 members (excludes halogenated alkanes) is 4. The Morgan fingerprint density at radius 2 is 1.28 bits per heavy atom. The van der Waals surface area contributed by atoms with E-state index in [1.165, 1.54) is 83.5 Å². The van der Waals surface area contributed by atoms with E-state index in [1.54, 1.807) is 0 Å². The number of hydrogen-bond donors (Lipinski definition) is 0. The van der Waals surface area contributed by atoms with Crippen molar-refractivity contribution in [2.75, 3.05) is 0 Å². The van der Waals surface area contributed by atoms with E-state index in [0.29, 0.717) is 0 Å². The Kier molecular flexibility index (Phi) is 5.33. The average Bonchev–Trinajstić information content (AvgIpc) is 2.70. The molecule has 1 saturated carbocycles. The van der Waals surface area contributed by atoms with Crippen LogP contribution in [-0.2, 0) is 0 Å². The molecule has 1 spiro atoms. The van der Waals surface area contributed by atoms with Crippen LogP contribution in [0, 0.1) is 5.41 Å². The van der Waals surface area contributed by atoms with Gasteiger partial charge in [0.15, 0.2) is 0 Å². The Balaban J connectivity index is 1.86. The summed E-state index contributed by atoms with van der Waals surface area (Å²) in [7, 11) is 0. The van der Waals surface area contributed by atoms with Crippen LogP contribution in [0.25, 0.3) is 0 Å². The molecule has 0 bridgehead atoms. The first-order chi connectivity index (χ1) is 8.79. The predicted octanol–water partition coefficient (Wildman–Crippen LogP) is 6.41. The first-order valence-electron chi connectivity index (χ1n) is 8.49. The normalized spacial score (nSPS) is 21.7. The molecule has 0 aliphatic heterocycles. The highest BCUT2D eigenvalue weighted by molar-refractivity contribution is 5.26. The van der Waals surface area contributed by atoms with Gasteiger partial charge in [0.25, 0.3) is 0 Å². The van der Waals surface area contributed by atoms with E-state index in [9.17, 15) is 0 Å². The standard InChI is InChI=1S/C18H32/c1-3-5-7-10-16-14-18(12-9-13-18)15-17(16)11-8-6-4-2/h3-15H2,1-2H3. The lowest BCUT2D eigenvalue weighted by atomic mass is 9.66. The van der Waals surface area contributed by atoms with Gasteiger partial charge in [-0.05, 0) is 56.8 Å². The largest absolute Gasteiger partial charge is 0.0704 e. The molecular formula is C18H32. The van der Waals surface area contributed by atoms with Gasteiger partial charge in [-0.2, -0.15) is 0 Å². The fraction of sp³-hybridized carbons (Fsp3) is 0.889. The molecule has 2 rings (SSSR count). The van der Waals surface area contributed by atoms with Crippen molar-refractivity contribution in [3.8, 4) is 0 Å². The Labute approximate surface area is 114 Å². The van der Waals surface area contributed by atoms with Crippen LogP contribution in [0.1, 0.15) is 97.3 Å². The molecule has 0 aromatic heterocycles. The van der Waals surface area contributed by atoms with Crippen molar-refractivity contribution in [1.82, 2.24) is 0 Å². The summed E-state index contributed by atoms with van der Waals surface area (Å²) in [6.45, 7) is 4.64. The van der Waals surface area contributed by atoms with E-state index >= 15 is 0 Å². The minimum atomic E-state index is 0.781. The van der Waals surface area contributed by atoms with Gasteiger partial charge in [0.1, 0.15) is 0 Å². The topological polar surface area (TPSA) is 0 Å². The molecule has 1 fully saturated rings. The maximum absolute atomic E-state index is 2.32. The molecule has 18 heavy (non-hydrogen) atoms. The van der Waals surface area contributed by atoms with Crippen molar-refractivity contribution >= 4 is 0 Å². The van der Waals surface area contributed by atoms with Crippen molar-refractivity contribution in [3.05, 3.63) is 11.1 Å². The van der Waals surface area contributed by atoms with Gasteiger partial charge in [-0.15, -0.1) is 0 Å². The average molecular weight is 248 g/mol. The summed E-state index contributed by atoms with van der Waals surface area (Å²) in [4.78, 5) is 0. The lowest BCUT2D eigenvalue weighted by molar-refractivity contribution is 0.146. The van der Waals surface area contributed by atoms with Crippen molar-refractivity contribution in [1.29, 1.82) is 0 Å². The Morgan fingerprint density at radius 3 is 1.61 bits per heavy atom. The zero-order chi connectivity index (χ0) is 12.8. The van der Waals surface area contributed by atoms with Crippen LogP contribution < -0.4 is 0 Å². The quantitative estimate of drug-likeness (QED) is 0.344. The van der Waals surface area contributed by atoms with Crippen molar-refractivity contribution in [3.63, 3.8) is 0 Å². The van der Waals surface area contributed by atoms with Crippen LogP contribution in [0.3, 0.4) is 0 Å². The Morgan fingerprint density at radius 1 is 0.778 bits per heavy atom. The van der Waals surface area contributed by atoms with E-state index < -0.39 is 0 Å². The summed E-state index contributed by atoms with van der Waals surface area (Å²) in [6, 6.07) is 0. The van der Waals surface area contributed by atoms with Crippen LogP contribution in [0.2, 0.25) is 0 Å². The summed E-state index contributed by atoms with van der Waals surface area (Å²) in [5.41, 5.74) is 4.59. The Bertz CT molecular complexity index is 256. The second kappa shape index (κ2) is 6.78. The molecule has 0 heterocycles. The molecule has 0 aromatic rings. The summed E-state index contributed by atoms with van der Waals surface area (Å²) in [5, 5.41) is 0. The summed E-state index contributed by atoms with van der Waals surface area (Å²) in [5.74, 6) is 0. The van der Waals surface area contributed by atoms with E-state index in [-0.39, 0.29) is 0 Å². The molecule has 2 aliphatic rings. The third-order valence-electron chi connectivity index (χ3n) is 5.26. The Hall–Kier alpha value is -0.260. The molecule has 0 N–H and O–H groups in total. The van der Waals surface area contributed by atoms with E-state index in [1.807, 2.05) is 11.1 Å². The molecule has 0 nitrogen and oxygen atoms in total. The SMILES string of the molecule is CCCCCC1=C(CCCCC)CC2(CCC2)C1. The molecule has 104 valence electrons. The third-order valence-corrected chi connectivity index (χ3v) is 5.26. The number of rotatable bonds is 8. The van der Waals surface area contributed by atoms with E-state index in [4.69, 9.17) is 0 Å². The highest BCUT2D eigenvalue weighted by atomic mass is 14.5. The lowest BCUT2D eigenvalue weighted by Gasteiger charge is -2.39. The molecule has 0 unspecified atom stereocenters. The molecule has 0 amide bonds. The minimum absolute atomic E-state index is 0.781. The highest BCUT2D eigenvalue weighted by Gasteiger charge is 2.42. The molecule has 0 aromatic carbocycles. The van der Waals surface area contributed by atoms with Gasteiger partial charge < -0.3 is 0 Å². The molecule has 2 aliphatic carbocycles. The zero-order valence-corrected chi connectivity index (χ0v) is 12.7. The smallest absolute Gasteiger partial charge is 0.0223 e. The first-order valence-corrected chi connectivity index (χ1v) is 8.49. The monoisotopic (exact) mass is 248 g/mol. The lowest BCUT2D eigenvalue weighted by Crippen LogP contribution is -2.26. The van der Waals surface area contributed by atoms with Gasteiger partial charge in [-0.25, -0.2) is 0 Å². The zero-order valence-electron chi connectivity index (χ0n) is 12.7. The molecule has 0 heteroatoms. The van der Waals surface area contributed by atoms with Crippen molar-refractivity contribution in [2.45, 2.75) is 97.3 Å². The highest BCUT2D eigenvalue weighted by Crippen LogP contribution is 2.56. The van der Waals surface area contributed by atoms with E-state index in [0.717, 1.165) is 5.41 Å². The molecular weight excluding hydrogens is 216 g/mol. The van der Waals surface area contributed by atoms with Gasteiger partial charge in [0.05, 0.1) is 0 Å². The van der Waals surface area contributed by atoms with Crippen molar-refractivity contribution < 1.29 is 0 Å². The fourth-order valence-corrected chi connectivity index (χ4v) is 3.96. The van der Waals surface area contributed by atoms with Crippen LogP contribution in [0.15, 0.2) is 11.1 Å². The van der Waals surface area contributed by atoms with Crippen LogP contribution in [0.5, 0.6) is 0 Å². The predicted molar refractivity (Wildman–Crippen MR) is 80.8 cm³/mol. The second-order valence-corrected chi connectivity index (χ2v) is 6.83. The first kappa shape index (κ1) is 14.2. The molecule has 0 atom stereocenters. The number of hydrogen-bond acceptors (Lipinski definition) is 0. The van der Waals surface area contributed by atoms with Crippen molar-refractivity contribution in [2.24, 2.45) is 5.41 Å². The summed E-state index contributed by atoms with van der Waals surface area (Å²) >= 11 is 0. The molecule has 0 saturated heterocycles. The maximum Gasteiger partial charge on any atom is -0.0223 e. The van der Waals surface area contributed by atoms with Gasteiger partial charge in [0, 0.05) is 0 Å². The number of allylic oxidation sites excluding steroid dienone is 2. The van der Waals surface area contributed by atoms with Gasteiger partial charge in [-0.1, -0.05) is 57.1 Å². The van der Waals surface area contributed by atoms with Gasteiger partial charge >= 0.3 is 0 Å². The maximum atomic E-state index is 2.32. The fourth-order valence-electron chi connectivity index (χ4n) is 3.96. The molecule has 0 radical (unpaired) electrons. The van der Waals surface area contributed by atoms with Gasteiger partial charge in [-0.3, -0.25) is 0 Å². The van der Waals surface area contributed by atoms with Gasteiger partial charge in [0.2, 0.25) is 0 Å². The van der Waals surface area contributed by atoms with Crippen LogP contribution in [-0.4, -0.2) is 0 Å². The third kappa shape index (κ3) is 3.39. The second-order valence-electron chi connectivity index (χ2n) is 6.83. The minimum Gasteiger partial charge on any atom is -0.0704 e.